The van der Waals surface area contributed by atoms with E-state index in [0.29, 0.717) is 5.56 Å². The number of rotatable bonds is 4. The fourth-order valence-corrected chi connectivity index (χ4v) is 2.13. The Hall–Kier alpha value is -1.76. The van der Waals surface area contributed by atoms with E-state index in [1.165, 1.54) is 18.6 Å². The van der Waals surface area contributed by atoms with Gasteiger partial charge in [0.2, 0.25) is 5.91 Å². The van der Waals surface area contributed by atoms with Crippen LogP contribution in [0.1, 0.15) is 10.4 Å². The molecule has 1 fully saturated rings. The summed E-state index contributed by atoms with van der Waals surface area (Å²) in [4.78, 5) is 35.1. The van der Waals surface area contributed by atoms with Gasteiger partial charge in [-0.3, -0.25) is 19.3 Å². The topological polar surface area (TPSA) is 79.6 Å². The summed E-state index contributed by atoms with van der Waals surface area (Å²) in [6, 6.07) is 1.54. The third kappa shape index (κ3) is 2.68. The van der Waals surface area contributed by atoms with Gasteiger partial charge in [-0.1, -0.05) is 11.8 Å². The highest BCUT2D eigenvalue weighted by Gasteiger charge is 2.29. The highest BCUT2D eigenvalue weighted by Crippen LogP contribution is 2.17. The van der Waals surface area contributed by atoms with Crippen molar-refractivity contribution in [1.29, 1.82) is 0 Å². The lowest BCUT2D eigenvalue weighted by atomic mass is 10.3. The van der Waals surface area contributed by atoms with Crippen molar-refractivity contribution in [3.8, 4) is 0 Å². The Morgan fingerprint density at radius 2 is 2.35 bits per heavy atom. The second kappa shape index (κ2) is 5.05. The van der Waals surface area contributed by atoms with Crippen molar-refractivity contribution in [2.45, 2.75) is 0 Å². The molecule has 0 spiro atoms. The van der Waals surface area contributed by atoms with Crippen LogP contribution in [0.4, 0.5) is 4.79 Å². The summed E-state index contributed by atoms with van der Waals surface area (Å²) in [7, 11) is 0. The first-order valence-corrected chi connectivity index (χ1v) is 5.94. The van der Waals surface area contributed by atoms with E-state index >= 15 is 0 Å². The summed E-state index contributed by atoms with van der Waals surface area (Å²) in [6.07, 6.45) is 2.73. The van der Waals surface area contributed by atoms with Gasteiger partial charge in [-0.05, 0) is 6.07 Å². The first kappa shape index (κ1) is 11.7. The maximum absolute atomic E-state index is 11.5. The normalized spacial score (nSPS) is 15.4. The number of hydrogen-bond donors (Lipinski definition) is 1. The van der Waals surface area contributed by atoms with Gasteiger partial charge in [0.05, 0.1) is 17.6 Å². The van der Waals surface area contributed by atoms with Crippen molar-refractivity contribution < 1.29 is 18.8 Å². The summed E-state index contributed by atoms with van der Waals surface area (Å²) in [5.74, 6) is -0.308. The predicted molar refractivity (Wildman–Crippen MR) is 60.6 cm³/mol. The third-order valence-electron chi connectivity index (χ3n) is 2.24. The lowest BCUT2D eigenvalue weighted by molar-refractivity contribution is -0.124. The monoisotopic (exact) mass is 254 g/mol. The molecule has 1 aliphatic rings. The fourth-order valence-electron chi connectivity index (χ4n) is 1.37. The number of hydrogen-bond acceptors (Lipinski definition) is 5. The molecule has 1 N–H and O–H groups in total. The van der Waals surface area contributed by atoms with Gasteiger partial charge in [0.15, 0.2) is 0 Å². The Morgan fingerprint density at radius 1 is 1.53 bits per heavy atom. The minimum absolute atomic E-state index is 0.189. The van der Waals surface area contributed by atoms with Gasteiger partial charge < -0.3 is 9.73 Å². The van der Waals surface area contributed by atoms with Crippen LogP contribution in [-0.2, 0) is 4.79 Å². The summed E-state index contributed by atoms with van der Waals surface area (Å²) in [5.41, 5.74) is 0.415. The van der Waals surface area contributed by atoms with Crippen molar-refractivity contribution in [2.24, 2.45) is 0 Å². The van der Waals surface area contributed by atoms with Gasteiger partial charge in [0, 0.05) is 13.1 Å². The molecule has 0 unspecified atom stereocenters. The second-order valence-electron chi connectivity index (χ2n) is 3.37. The van der Waals surface area contributed by atoms with Crippen molar-refractivity contribution in [1.82, 2.24) is 10.2 Å². The van der Waals surface area contributed by atoms with Crippen LogP contribution in [0, 0.1) is 0 Å². The molecular weight excluding hydrogens is 244 g/mol. The molecule has 0 aliphatic carbocycles. The van der Waals surface area contributed by atoms with E-state index < -0.39 is 0 Å². The molecule has 7 heteroatoms. The first-order valence-electron chi connectivity index (χ1n) is 4.96. The minimum atomic E-state index is -0.287. The number of nitrogens with zero attached hydrogens (tertiary/aromatic N) is 1. The predicted octanol–water partition coefficient (Wildman–Crippen LogP) is 0.705. The maximum Gasteiger partial charge on any atom is 0.288 e. The van der Waals surface area contributed by atoms with Crippen LogP contribution in [0.3, 0.4) is 0 Å². The molecule has 3 amide bonds. The molecule has 1 aromatic rings. The maximum atomic E-state index is 11.5. The molecule has 6 nitrogen and oxygen atoms in total. The molecule has 0 aromatic carbocycles. The Bertz CT molecular complexity index is 427. The van der Waals surface area contributed by atoms with Gasteiger partial charge >= 0.3 is 0 Å². The van der Waals surface area contributed by atoms with E-state index in [2.05, 4.69) is 5.32 Å². The van der Waals surface area contributed by atoms with Crippen LogP contribution < -0.4 is 5.32 Å². The summed E-state index contributed by atoms with van der Waals surface area (Å²) < 4.78 is 4.77. The number of furan rings is 1. The zero-order chi connectivity index (χ0) is 12.3. The standard InChI is InChI=1S/C10H10N2O4S/c13-8-6-17-10(15)12(8)3-2-11-9(14)7-1-4-16-5-7/h1,4-5H,2-3,6H2,(H,11,14). The minimum Gasteiger partial charge on any atom is -0.472 e. The highest BCUT2D eigenvalue weighted by atomic mass is 32.2. The number of thioether (sulfide) groups is 1. The van der Waals surface area contributed by atoms with Gasteiger partial charge in [-0.15, -0.1) is 0 Å². The highest BCUT2D eigenvalue weighted by molar-refractivity contribution is 8.14. The molecule has 17 heavy (non-hydrogen) atoms. The van der Waals surface area contributed by atoms with E-state index in [1.807, 2.05) is 0 Å². The zero-order valence-corrected chi connectivity index (χ0v) is 9.66. The molecule has 0 saturated carbocycles. The van der Waals surface area contributed by atoms with Gasteiger partial charge in [-0.2, -0.15) is 0 Å². The van der Waals surface area contributed by atoms with Crippen molar-refractivity contribution in [2.75, 3.05) is 18.8 Å². The van der Waals surface area contributed by atoms with Gasteiger partial charge in [-0.25, -0.2) is 0 Å². The van der Waals surface area contributed by atoms with Crippen LogP contribution in [-0.4, -0.2) is 40.8 Å². The molecule has 2 rings (SSSR count). The number of carbonyl (C=O) groups excluding carboxylic acids is 3. The molecule has 0 bridgehead atoms. The summed E-state index contributed by atoms with van der Waals surface area (Å²) >= 11 is 0.980. The Morgan fingerprint density at radius 3 is 2.94 bits per heavy atom. The molecule has 2 heterocycles. The molecule has 1 saturated heterocycles. The average molecular weight is 254 g/mol. The SMILES string of the molecule is O=C(NCCN1C(=O)CSC1=O)c1ccoc1. The Labute approximate surface area is 101 Å². The second-order valence-corrected chi connectivity index (χ2v) is 4.29. The van der Waals surface area contributed by atoms with E-state index in [9.17, 15) is 14.4 Å². The lowest BCUT2D eigenvalue weighted by Gasteiger charge is -2.12. The molecule has 0 radical (unpaired) electrons. The van der Waals surface area contributed by atoms with Gasteiger partial charge in [0.25, 0.3) is 11.1 Å². The number of amides is 3. The number of imide groups is 1. The fraction of sp³-hybridized carbons (Fsp3) is 0.300. The van der Waals surface area contributed by atoms with Crippen LogP contribution in [0.15, 0.2) is 23.0 Å². The van der Waals surface area contributed by atoms with Crippen LogP contribution in [0.5, 0.6) is 0 Å². The van der Waals surface area contributed by atoms with Crippen molar-refractivity contribution in [3.63, 3.8) is 0 Å². The largest absolute Gasteiger partial charge is 0.472 e. The first-order chi connectivity index (χ1) is 8.18. The van der Waals surface area contributed by atoms with Gasteiger partial charge in [0.1, 0.15) is 6.26 Å². The van der Waals surface area contributed by atoms with E-state index in [1.54, 1.807) is 0 Å². The third-order valence-corrected chi connectivity index (χ3v) is 3.10. The van der Waals surface area contributed by atoms with Crippen LogP contribution >= 0.6 is 11.8 Å². The molecule has 1 aromatic heterocycles. The molecule has 90 valence electrons. The molecule has 0 atom stereocenters. The van der Waals surface area contributed by atoms with E-state index in [0.717, 1.165) is 16.7 Å². The van der Waals surface area contributed by atoms with Crippen molar-refractivity contribution in [3.05, 3.63) is 24.2 Å². The molecular formula is C10H10N2O4S. The zero-order valence-electron chi connectivity index (χ0n) is 8.84. The molecule has 1 aliphatic heterocycles. The van der Waals surface area contributed by atoms with Crippen molar-refractivity contribution >= 4 is 28.8 Å². The van der Waals surface area contributed by atoms with Crippen LogP contribution in [0.25, 0.3) is 0 Å². The quantitative estimate of drug-likeness (QED) is 0.855. The lowest BCUT2D eigenvalue weighted by Crippen LogP contribution is -2.37. The number of nitrogens with one attached hydrogen (secondary N) is 1. The summed E-state index contributed by atoms with van der Waals surface area (Å²) in [6.45, 7) is 0.441. The number of carbonyl (C=O) groups is 3. The van der Waals surface area contributed by atoms with Crippen LogP contribution in [0.2, 0.25) is 0 Å². The van der Waals surface area contributed by atoms with E-state index in [-0.39, 0.29) is 35.9 Å². The van der Waals surface area contributed by atoms with E-state index in [4.69, 9.17) is 4.42 Å². The summed E-state index contributed by atoms with van der Waals surface area (Å²) in [5, 5.41) is 2.34. The Balaban J connectivity index is 1.78. The smallest absolute Gasteiger partial charge is 0.288 e. The average Bonchev–Trinajstić information content (AvgIpc) is 2.93. The Kier molecular flexibility index (Phi) is 3.48.